The Balaban J connectivity index is 3.26. The highest BCUT2D eigenvalue weighted by atomic mass is 79.9. The van der Waals surface area contributed by atoms with Crippen molar-refractivity contribution in [2.24, 2.45) is 0 Å². The Morgan fingerprint density at radius 2 is 1.85 bits per heavy atom. The van der Waals surface area contributed by atoms with Crippen LogP contribution < -0.4 is 0 Å². The van der Waals surface area contributed by atoms with Gasteiger partial charge in [0.2, 0.25) is 10.0 Å². The van der Waals surface area contributed by atoms with Crippen LogP contribution in [0.3, 0.4) is 0 Å². The molecule has 0 heterocycles. The molecule has 1 rings (SSSR count). The van der Waals surface area contributed by atoms with Crippen molar-refractivity contribution in [2.75, 3.05) is 19.0 Å². The van der Waals surface area contributed by atoms with E-state index in [1.165, 1.54) is 12.1 Å². The van der Waals surface area contributed by atoms with Crippen molar-refractivity contribution in [1.29, 1.82) is 0 Å². The van der Waals surface area contributed by atoms with Crippen molar-refractivity contribution in [3.8, 4) is 0 Å². The number of hydrogen-bond acceptors (Lipinski definition) is 2. The van der Waals surface area contributed by atoms with Crippen molar-refractivity contribution < 1.29 is 21.6 Å². The molecule has 0 aliphatic rings. The summed E-state index contributed by atoms with van der Waals surface area (Å²) in [5.74, 6) is -0.235. The van der Waals surface area contributed by atoms with Crippen molar-refractivity contribution >= 4 is 53.5 Å². The van der Waals surface area contributed by atoms with E-state index in [0.29, 0.717) is 8.78 Å². The lowest BCUT2D eigenvalue weighted by molar-refractivity contribution is -0.135. The SMILES string of the molecule is O=S(=O)(c1cc(Br)ccc1Br)N(CCCl)CC(F)(F)F. The average molecular weight is 460 g/mol. The van der Waals surface area contributed by atoms with E-state index >= 15 is 0 Å². The van der Waals surface area contributed by atoms with Gasteiger partial charge in [0, 0.05) is 21.4 Å². The molecule has 10 heteroatoms. The van der Waals surface area contributed by atoms with Gasteiger partial charge in [-0.1, -0.05) is 15.9 Å². The minimum Gasteiger partial charge on any atom is -0.207 e. The van der Waals surface area contributed by atoms with Gasteiger partial charge in [-0.15, -0.1) is 11.6 Å². The molecule has 0 atom stereocenters. The van der Waals surface area contributed by atoms with Gasteiger partial charge >= 0.3 is 6.18 Å². The van der Waals surface area contributed by atoms with Crippen molar-refractivity contribution in [3.05, 3.63) is 27.1 Å². The molecule has 114 valence electrons. The number of nitrogens with zero attached hydrogens (tertiary/aromatic N) is 1. The van der Waals surface area contributed by atoms with Crippen LogP contribution in [0, 0.1) is 0 Å². The Bertz CT molecular complexity index is 580. The summed E-state index contributed by atoms with van der Waals surface area (Å²) in [6, 6.07) is 4.24. The maximum absolute atomic E-state index is 12.5. The molecule has 0 fully saturated rings. The van der Waals surface area contributed by atoms with Crippen LogP contribution in [-0.2, 0) is 10.0 Å². The molecule has 0 aliphatic heterocycles. The third kappa shape index (κ3) is 4.87. The van der Waals surface area contributed by atoms with Crippen LogP contribution in [0.1, 0.15) is 0 Å². The lowest BCUT2D eigenvalue weighted by Gasteiger charge is -2.23. The molecule has 1 aromatic carbocycles. The molecule has 0 unspecified atom stereocenters. The van der Waals surface area contributed by atoms with Crippen molar-refractivity contribution in [1.82, 2.24) is 4.31 Å². The third-order valence-electron chi connectivity index (χ3n) is 2.20. The summed E-state index contributed by atoms with van der Waals surface area (Å²) in [4.78, 5) is -0.249. The standard InChI is InChI=1S/C10H9Br2ClF3NO2S/c11-7-1-2-8(12)9(5-7)20(18,19)17(4-3-13)6-10(14,15)16/h1-2,5H,3-4,6H2. The minimum atomic E-state index is -4.64. The second kappa shape index (κ2) is 6.95. The first-order valence-electron chi connectivity index (χ1n) is 5.16. The van der Waals surface area contributed by atoms with E-state index in [-0.39, 0.29) is 15.2 Å². The molecule has 3 nitrogen and oxygen atoms in total. The van der Waals surface area contributed by atoms with E-state index < -0.39 is 29.3 Å². The predicted octanol–water partition coefficient (Wildman–Crippen LogP) is 4.00. The van der Waals surface area contributed by atoms with Crippen molar-refractivity contribution in [3.63, 3.8) is 0 Å². The van der Waals surface area contributed by atoms with Gasteiger partial charge in [-0.25, -0.2) is 8.42 Å². The van der Waals surface area contributed by atoms with E-state index in [9.17, 15) is 21.6 Å². The summed E-state index contributed by atoms with van der Waals surface area (Å²) in [6.07, 6.45) is -4.64. The van der Waals surface area contributed by atoms with Gasteiger partial charge in [0.25, 0.3) is 0 Å². The van der Waals surface area contributed by atoms with E-state index in [1.807, 2.05) is 0 Å². The highest BCUT2D eigenvalue weighted by Gasteiger charge is 2.37. The summed E-state index contributed by atoms with van der Waals surface area (Å²) in [5.41, 5.74) is 0. The highest BCUT2D eigenvalue weighted by Crippen LogP contribution is 2.30. The zero-order chi connectivity index (χ0) is 15.6. The fraction of sp³-hybridized carbons (Fsp3) is 0.400. The number of benzene rings is 1. The molecule has 0 saturated heterocycles. The zero-order valence-electron chi connectivity index (χ0n) is 9.79. The number of hydrogen-bond donors (Lipinski definition) is 0. The van der Waals surface area contributed by atoms with Crippen LogP contribution in [0.2, 0.25) is 0 Å². The molecular weight excluding hydrogens is 450 g/mol. The molecule has 0 spiro atoms. The molecule has 0 radical (unpaired) electrons. The molecule has 0 saturated carbocycles. The third-order valence-corrected chi connectivity index (χ3v) is 5.70. The van der Waals surface area contributed by atoms with E-state index in [4.69, 9.17) is 11.6 Å². The number of alkyl halides is 4. The maximum Gasteiger partial charge on any atom is 0.402 e. The molecule has 0 aliphatic carbocycles. The Labute approximate surface area is 136 Å². The number of sulfonamides is 1. The molecule has 20 heavy (non-hydrogen) atoms. The largest absolute Gasteiger partial charge is 0.402 e. The summed E-state index contributed by atoms with van der Waals surface area (Å²) in [7, 11) is -4.30. The first-order chi connectivity index (χ1) is 9.08. The Kier molecular flexibility index (Phi) is 6.33. The molecule has 0 amide bonds. The van der Waals surface area contributed by atoms with Crippen LogP contribution in [0.5, 0.6) is 0 Å². The normalized spacial score (nSPS) is 12.9. The van der Waals surface area contributed by atoms with Gasteiger partial charge in [0.05, 0.1) is 4.90 Å². The molecule has 0 aromatic heterocycles. The van der Waals surface area contributed by atoms with Gasteiger partial charge in [-0.05, 0) is 34.1 Å². The Hall–Kier alpha value is 0.170. The van der Waals surface area contributed by atoms with Crippen LogP contribution in [0.15, 0.2) is 32.0 Å². The predicted molar refractivity (Wildman–Crippen MR) is 77.4 cm³/mol. The monoisotopic (exact) mass is 457 g/mol. The smallest absolute Gasteiger partial charge is 0.207 e. The van der Waals surface area contributed by atoms with Gasteiger partial charge in [0.1, 0.15) is 6.54 Å². The molecule has 0 bridgehead atoms. The van der Waals surface area contributed by atoms with Crippen LogP contribution >= 0.6 is 43.5 Å². The number of halogens is 6. The van der Waals surface area contributed by atoms with Crippen LogP contribution in [-0.4, -0.2) is 37.9 Å². The summed E-state index contributed by atoms with van der Waals surface area (Å²) >= 11 is 11.5. The highest BCUT2D eigenvalue weighted by molar-refractivity contribution is 9.11. The second-order valence-electron chi connectivity index (χ2n) is 3.72. The van der Waals surface area contributed by atoms with Gasteiger partial charge in [0.15, 0.2) is 0 Å². The minimum absolute atomic E-state index is 0.183. The zero-order valence-corrected chi connectivity index (χ0v) is 14.5. The lowest BCUT2D eigenvalue weighted by Crippen LogP contribution is -2.40. The topological polar surface area (TPSA) is 37.4 Å². The van der Waals surface area contributed by atoms with Crippen LogP contribution in [0.25, 0.3) is 0 Å². The Morgan fingerprint density at radius 3 is 2.35 bits per heavy atom. The fourth-order valence-electron chi connectivity index (χ4n) is 1.39. The lowest BCUT2D eigenvalue weighted by atomic mass is 10.4. The van der Waals surface area contributed by atoms with E-state index in [0.717, 1.165) is 0 Å². The van der Waals surface area contributed by atoms with Gasteiger partial charge in [-0.3, -0.25) is 0 Å². The number of rotatable bonds is 5. The fourth-order valence-corrected chi connectivity index (χ4v) is 4.59. The van der Waals surface area contributed by atoms with Gasteiger partial charge < -0.3 is 0 Å². The van der Waals surface area contributed by atoms with Crippen LogP contribution in [0.4, 0.5) is 13.2 Å². The molecule has 0 N–H and O–H groups in total. The second-order valence-corrected chi connectivity index (χ2v) is 7.77. The Morgan fingerprint density at radius 1 is 1.25 bits per heavy atom. The summed E-state index contributed by atoms with van der Waals surface area (Å²) in [5, 5.41) is 0. The summed E-state index contributed by atoms with van der Waals surface area (Å²) < 4.78 is 63.0. The molecular formula is C10H9Br2ClF3NO2S. The first kappa shape index (κ1) is 18.2. The first-order valence-corrected chi connectivity index (χ1v) is 8.72. The van der Waals surface area contributed by atoms with Gasteiger partial charge in [-0.2, -0.15) is 17.5 Å². The maximum atomic E-state index is 12.5. The quantitative estimate of drug-likeness (QED) is 0.625. The van der Waals surface area contributed by atoms with Crippen molar-refractivity contribution in [2.45, 2.75) is 11.1 Å². The van der Waals surface area contributed by atoms with E-state index in [1.54, 1.807) is 6.07 Å². The summed E-state index contributed by atoms with van der Waals surface area (Å²) in [6.45, 7) is -2.01. The average Bonchev–Trinajstić information content (AvgIpc) is 2.30. The van der Waals surface area contributed by atoms with E-state index in [2.05, 4.69) is 31.9 Å². The molecule has 1 aromatic rings.